The van der Waals surface area contributed by atoms with Gasteiger partial charge in [-0.25, -0.2) is 4.68 Å². The molecule has 2 fully saturated rings. The van der Waals surface area contributed by atoms with Gasteiger partial charge >= 0.3 is 0 Å². The SMILES string of the molecule is C#CCCC1(CCC(=O)Nc2cc(C)nn2C2CC3CCC2C3)N=N1. The first kappa shape index (κ1) is 16.3. The van der Waals surface area contributed by atoms with E-state index in [1.165, 1.54) is 25.7 Å². The van der Waals surface area contributed by atoms with Crippen molar-refractivity contribution >= 4 is 11.7 Å². The Bertz CT molecular complexity index is 737. The van der Waals surface area contributed by atoms with Crippen molar-refractivity contribution in [2.24, 2.45) is 22.1 Å². The normalized spacial score (nSPS) is 28.1. The minimum absolute atomic E-state index is 0.00156. The lowest BCUT2D eigenvalue weighted by Gasteiger charge is -2.24. The van der Waals surface area contributed by atoms with Gasteiger partial charge in [0.1, 0.15) is 5.82 Å². The predicted molar refractivity (Wildman–Crippen MR) is 95.0 cm³/mol. The molecule has 25 heavy (non-hydrogen) atoms. The summed E-state index contributed by atoms with van der Waals surface area (Å²) >= 11 is 0. The zero-order chi connectivity index (χ0) is 17.4. The van der Waals surface area contributed by atoms with Crippen LogP contribution in [0.15, 0.2) is 16.3 Å². The van der Waals surface area contributed by atoms with Crippen LogP contribution >= 0.6 is 0 Å². The zero-order valence-electron chi connectivity index (χ0n) is 14.7. The first-order valence-electron chi connectivity index (χ1n) is 9.32. The standard InChI is InChI=1S/C19H25N5O/c1-3-4-8-19(22-23-19)9-7-18(25)20-17-10-13(2)21-24(17)16-12-14-5-6-15(16)11-14/h1,10,14-16H,4-9,11-12H2,2H3,(H,20,25). The quantitative estimate of drug-likeness (QED) is 0.767. The number of aryl methyl sites for hydroxylation is 1. The molecule has 0 aromatic carbocycles. The van der Waals surface area contributed by atoms with Crippen molar-refractivity contribution in [2.45, 2.75) is 70.0 Å². The Labute approximate surface area is 148 Å². The molecule has 3 atom stereocenters. The highest BCUT2D eigenvalue weighted by molar-refractivity contribution is 5.90. The molecule has 4 rings (SSSR count). The highest BCUT2D eigenvalue weighted by atomic mass is 16.1. The first-order valence-corrected chi connectivity index (χ1v) is 9.32. The molecule has 3 unspecified atom stereocenters. The third-order valence-corrected chi connectivity index (χ3v) is 5.95. The van der Waals surface area contributed by atoms with Gasteiger partial charge in [0.15, 0.2) is 5.66 Å². The first-order chi connectivity index (χ1) is 12.1. The predicted octanol–water partition coefficient (Wildman–Crippen LogP) is 3.85. The van der Waals surface area contributed by atoms with Crippen molar-refractivity contribution in [2.75, 3.05) is 5.32 Å². The minimum Gasteiger partial charge on any atom is -0.311 e. The van der Waals surface area contributed by atoms with E-state index in [-0.39, 0.29) is 5.91 Å². The van der Waals surface area contributed by atoms with Crippen molar-refractivity contribution in [3.63, 3.8) is 0 Å². The molecule has 6 nitrogen and oxygen atoms in total. The Morgan fingerprint density at radius 3 is 2.88 bits per heavy atom. The van der Waals surface area contributed by atoms with Gasteiger partial charge in [-0.1, -0.05) is 6.42 Å². The number of terminal acetylenes is 1. The molecule has 3 aliphatic rings. The summed E-state index contributed by atoms with van der Waals surface area (Å²) in [4.78, 5) is 12.4. The molecule has 1 aromatic heterocycles. The third-order valence-electron chi connectivity index (χ3n) is 5.95. The lowest BCUT2D eigenvalue weighted by atomic mass is 9.95. The van der Waals surface area contributed by atoms with E-state index in [0.29, 0.717) is 25.3 Å². The van der Waals surface area contributed by atoms with Crippen LogP contribution < -0.4 is 5.32 Å². The topological polar surface area (TPSA) is 71.6 Å². The number of rotatable bonds is 7. The van der Waals surface area contributed by atoms with Crippen molar-refractivity contribution < 1.29 is 4.79 Å². The number of nitrogens with one attached hydrogen (secondary N) is 1. The van der Waals surface area contributed by atoms with E-state index in [1.807, 2.05) is 13.0 Å². The lowest BCUT2D eigenvalue weighted by Crippen LogP contribution is -2.23. The Kier molecular flexibility index (Phi) is 4.10. The molecule has 1 aliphatic heterocycles. The third kappa shape index (κ3) is 3.33. The molecule has 2 heterocycles. The monoisotopic (exact) mass is 339 g/mol. The van der Waals surface area contributed by atoms with Crippen LogP contribution in [-0.2, 0) is 4.79 Å². The van der Waals surface area contributed by atoms with Gasteiger partial charge in [-0.2, -0.15) is 15.3 Å². The summed E-state index contributed by atoms with van der Waals surface area (Å²) in [6, 6.07) is 2.42. The summed E-state index contributed by atoms with van der Waals surface area (Å²) in [6.07, 6.45) is 12.9. The van der Waals surface area contributed by atoms with Gasteiger partial charge in [-0.05, 0) is 38.0 Å². The molecule has 132 valence electrons. The number of nitrogens with zero attached hydrogens (tertiary/aromatic N) is 4. The van der Waals surface area contributed by atoms with Crippen LogP contribution in [0.2, 0.25) is 0 Å². The average molecular weight is 339 g/mol. The van der Waals surface area contributed by atoms with Gasteiger partial charge in [-0.3, -0.25) is 4.79 Å². The van der Waals surface area contributed by atoms with E-state index >= 15 is 0 Å². The Balaban J connectivity index is 1.36. The highest BCUT2D eigenvalue weighted by Gasteiger charge is 2.42. The number of carbonyl (C=O) groups is 1. The number of aromatic nitrogens is 2. The summed E-state index contributed by atoms with van der Waals surface area (Å²) in [5.74, 6) is 5.01. The summed E-state index contributed by atoms with van der Waals surface area (Å²) in [5.41, 5.74) is 0.556. The van der Waals surface area contributed by atoms with Crippen molar-refractivity contribution in [1.29, 1.82) is 0 Å². The van der Waals surface area contributed by atoms with Crippen LogP contribution in [0.3, 0.4) is 0 Å². The van der Waals surface area contributed by atoms with E-state index < -0.39 is 5.66 Å². The van der Waals surface area contributed by atoms with Gasteiger partial charge in [0, 0.05) is 31.7 Å². The summed E-state index contributed by atoms with van der Waals surface area (Å²) in [5, 5.41) is 15.9. The Morgan fingerprint density at radius 1 is 1.40 bits per heavy atom. The number of carbonyl (C=O) groups excluding carboxylic acids is 1. The molecule has 0 radical (unpaired) electrons. The molecule has 0 spiro atoms. The number of fused-ring (bicyclic) bond motifs is 2. The summed E-state index contributed by atoms with van der Waals surface area (Å²) in [7, 11) is 0. The molecular formula is C19H25N5O. The van der Waals surface area contributed by atoms with Gasteiger partial charge in [-0.15, -0.1) is 12.3 Å². The van der Waals surface area contributed by atoms with Crippen molar-refractivity contribution in [3.8, 4) is 12.3 Å². The van der Waals surface area contributed by atoms with Crippen LogP contribution in [-0.4, -0.2) is 21.4 Å². The molecular weight excluding hydrogens is 314 g/mol. The molecule has 0 saturated heterocycles. The lowest BCUT2D eigenvalue weighted by molar-refractivity contribution is -0.116. The van der Waals surface area contributed by atoms with Crippen LogP contribution in [0.1, 0.15) is 63.1 Å². The van der Waals surface area contributed by atoms with Crippen molar-refractivity contribution in [1.82, 2.24) is 9.78 Å². The van der Waals surface area contributed by atoms with Crippen LogP contribution in [0.5, 0.6) is 0 Å². The molecule has 2 aliphatic carbocycles. The van der Waals surface area contributed by atoms with E-state index in [1.54, 1.807) is 0 Å². The average Bonchev–Trinajstić information content (AvgIpc) is 2.93. The second-order valence-electron chi connectivity index (χ2n) is 7.79. The minimum atomic E-state index is -0.398. The zero-order valence-corrected chi connectivity index (χ0v) is 14.7. The largest absolute Gasteiger partial charge is 0.311 e. The van der Waals surface area contributed by atoms with E-state index in [9.17, 15) is 4.79 Å². The molecule has 2 bridgehead atoms. The Hall–Kier alpha value is -2.16. The fourth-order valence-electron chi connectivity index (χ4n) is 4.56. The highest BCUT2D eigenvalue weighted by Crippen LogP contribution is 2.51. The van der Waals surface area contributed by atoms with Crippen LogP contribution in [0.4, 0.5) is 5.82 Å². The smallest absolute Gasteiger partial charge is 0.225 e. The number of hydrogen-bond donors (Lipinski definition) is 1. The molecule has 2 saturated carbocycles. The number of anilines is 1. The van der Waals surface area contributed by atoms with Gasteiger partial charge in [0.05, 0.1) is 11.7 Å². The van der Waals surface area contributed by atoms with Crippen LogP contribution in [0.25, 0.3) is 0 Å². The van der Waals surface area contributed by atoms with Gasteiger partial charge in [0.25, 0.3) is 0 Å². The molecule has 1 N–H and O–H groups in total. The van der Waals surface area contributed by atoms with Gasteiger partial charge < -0.3 is 5.32 Å². The maximum atomic E-state index is 12.4. The second kappa shape index (κ2) is 6.29. The van der Waals surface area contributed by atoms with Gasteiger partial charge in [0.2, 0.25) is 5.91 Å². The molecule has 6 heteroatoms. The van der Waals surface area contributed by atoms with E-state index in [4.69, 9.17) is 6.42 Å². The summed E-state index contributed by atoms with van der Waals surface area (Å²) in [6.45, 7) is 1.98. The molecule has 1 amide bonds. The summed E-state index contributed by atoms with van der Waals surface area (Å²) < 4.78 is 2.07. The Morgan fingerprint density at radius 2 is 2.24 bits per heavy atom. The fraction of sp³-hybridized carbons (Fsp3) is 0.684. The maximum Gasteiger partial charge on any atom is 0.225 e. The fourth-order valence-corrected chi connectivity index (χ4v) is 4.56. The number of amides is 1. The van der Waals surface area contributed by atoms with E-state index in [0.717, 1.165) is 29.8 Å². The van der Waals surface area contributed by atoms with E-state index in [2.05, 4.69) is 31.2 Å². The maximum absolute atomic E-state index is 12.4. The van der Waals surface area contributed by atoms with Crippen molar-refractivity contribution in [3.05, 3.63) is 11.8 Å². The second-order valence-corrected chi connectivity index (χ2v) is 7.79. The molecule has 1 aromatic rings. The number of hydrogen-bond acceptors (Lipinski definition) is 4. The van der Waals surface area contributed by atoms with Crippen LogP contribution in [0, 0.1) is 31.1 Å².